The van der Waals surface area contributed by atoms with E-state index >= 15 is 0 Å². The van der Waals surface area contributed by atoms with E-state index in [-0.39, 0.29) is 6.10 Å². The highest BCUT2D eigenvalue weighted by Crippen LogP contribution is 2.26. The fraction of sp³-hybridized carbons (Fsp3) is 1.00. The average molecular weight is 158 g/mol. The van der Waals surface area contributed by atoms with Crippen molar-refractivity contribution in [2.75, 3.05) is 6.61 Å². The van der Waals surface area contributed by atoms with Gasteiger partial charge in [0.1, 0.15) is 0 Å². The normalized spacial score (nSPS) is 39.5. The van der Waals surface area contributed by atoms with Crippen molar-refractivity contribution < 1.29 is 9.84 Å². The summed E-state index contributed by atoms with van der Waals surface area (Å²) in [6.45, 7) is 6.91. The molecule has 1 N–H and O–H groups in total. The van der Waals surface area contributed by atoms with E-state index in [1.165, 1.54) is 0 Å². The van der Waals surface area contributed by atoms with E-state index in [0.29, 0.717) is 24.5 Å². The van der Waals surface area contributed by atoms with E-state index in [4.69, 9.17) is 4.74 Å². The molecule has 1 aliphatic heterocycles. The van der Waals surface area contributed by atoms with Gasteiger partial charge in [0.15, 0.2) is 0 Å². The molecule has 0 aromatic rings. The van der Waals surface area contributed by atoms with E-state index in [1.54, 1.807) is 0 Å². The summed E-state index contributed by atoms with van der Waals surface area (Å²) >= 11 is 0. The molecule has 2 heteroatoms. The number of aliphatic hydroxyl groups is 1. The van der Waals surface area contributed by atoms with Gasteiger partial charge in [-0.25, -0.2) is 0 Å². The highest BCUT2D eigenvalue weighted by Gasteiger charge is 2.29. The monoisotopic (exact) mass is 158 g/mol. The van der Waals surface area contributed by atoms with Gasteiger partial charge in [0.05, 0.1) is 18.8 Å². The largest absolute Gasteiger partial charge is 0.390 e. The molecule has 1 heterocycles. The first-order valence-electron chi connectivity index (χ1n) is 4.41. The van der Waals surface area contributed by atoms with Gasteiger partial charge >= 0.3 is 0 Å². The first kappa shape index (κ1) is 9.01. The smallest absolute Gasteiger partial charge is 0.0805 e. The predicted octanol–water partition coefficient (Wildman–Crippen LogP) is 1.43. The molecule has 1 saturated heterocycles. The van der Waals surface area contributed by atoms with Gasteiger partial charge in [-0.3, -0.25) is 0 Å². The van der Waals surface area contributed by atoms with Gasteiger partial charge in [0.25, 0.3) is 0 Å². The van der Waals surface area contributed by atoms with Crippen LogP contribution in [0, 0.1) is 11.8 Å². The fourth-order valence-corrected chi connectivity index (χ4v) is 1.71. The minimum Gasteiger partial charge on any atom is -0.390 e. The SMILES string of the molecule is CC1C[C@H](C(C)C)[C@H](O)CO1. The number of rotatable bonds is 1. The zero-order valence-electron chi connectivity index (χ0n) is 7.58. The Balaban J connectivity index is 2.47. The summed E-state index contributed by atoms with van der Waals surface area (Å²) in [5, 5.41) is 9.53. The number of aliphatic hydroxyl groups excluding tert-OH is 1. The minimum absolute atomic E-state index is 0.244. The van der Waals surface area contributed by atoms with Crippen molar-refractivity contribution >= 4 is 0 Å². The van der Waals surface area contributed by atoms with E-state index in [2.05, 4.69) is 20.8 Å². The number of ether oxygens (including phenoxy) is 1. The van der Waals surface area contributed by atoms with Crippen LogP contribution < -0.4 is 0 Å². The van der Waals surface area contributed by atoms with Gasteiger partial charge in [-0.2, -0.15) is 0 Å². The Morgan fingerprint density at radius 3 is 2.55 bits per heavy atom. The number of hydrogen-bond donors (Lipinski definition) is 1. The van der Waals surface area contributed by atoms with Crippen molar-refractivity contribution in [1.82, 2.24) is 0 Å². The number of hydrogen-bond acceptors (Lipinski definition) is 2. The Labute approximate surface area is 68.6 Å². The molecule has 1 unspecified atom stereocenters. The van der Waals surface area contributed by atoms with Crippen molar-refractivity contribution in [3.63, 3.8) is 0 Å². The second kappa shape index (κ2) is 3.55. The molecule has 0 saturated carbocycles. The van der Waals surface area contributed by atoms with Crippen molar-refractivity contribution in [2.45, 2.75) is 39.4 Å². The van der Waals surface area contributed by atoms with Gasteiger partial charge in [-0.05, 0) is 25.2 Å². The molecule has 0 bridgehead atoms. The Kier molecular flexibility index (Phi) is 2.90. The first-order valence-corrected chi connectivity index (χ1v) is 4.41. The lowest BCUT2D eigenvalue weighted by Crippen LogP contribution is -2.38. The molecular formula is C9H18O2. The standard InChI is InChI=1S/C9H18O2/c1-6(2)8-4-7(3)11-5-9(8)10/h6-10H,4-5H2,1-3H3/t7?,8-,9-/m1/s1. The maximum absolute atomic E-state index is 9.53. The lowest BCUT2D eigenvalue weighted by Gasteiger charge is -2.34. The Morgan fingerprint density at radius 1 is 1.45 bits per heavy atom. The zero-order valence-corrected chi connectivity index (χ0v) is 7.58. The molecule has 66 valence electrons. The van der Waals surface area contributed by atoms with Crippen LogP contribution >= 0.6 is 0 Å². The van der Waals surface area contributed by atoms with E-state index in [0.717, 1.165) is 6.42 Å². The zero-order chi connectivity index (χ0) is 8.43. The third-order valence-electron chi connectivity index (χ3n) is 2.51. The quantitative estimate of drug-likeness (QED) is 0.625. The summed E-state index contributed by atoms with van der Waals surface area (Å²) in [5.41, 5.74) is 0. The molecule has 2 nitrogen and oxygen atoms in total. The fourth-order valence-electron chi connectivity index (χ4n) is 1.71. The molecule has 3 atom stereocenters. The summed E-state index contributed by atoms with van der Waals surface area (Å²) in [5.74, 6) is 0.995. The summed E-state index contributed by atoms with van der Waals surface area (Å²) < 4.78 is 5.32. The highest BCUT2D eigenvalue weighted by atomic mass is 16.5. The van der Waals surface area contributed by atoms with Gasteiger partial charge in [-0.1, -0.05) is 13.8 Å². The van der Waals surface area contributed by atoms with Crippen LogP contribution in [0.15, 0.2) is 0 Å². The molecule has 0 amide bonds. The molecule has 0 aromatic heterocycles. The van der Waals surface area contributed by atoms with Gasteiger partial charge in [0.2, 0.25) is 0 Å². The third kappa shape index (κ3) is 2.17. The Morgan fingerprint density at radius 2 is 2.09 bits per heavy atom. The van der Waals surface area contributed by atoms with Crippen LogP contribution in [0.3, 0.4) is 0 Å². The van der Waals surface area contributed by atoms with Crippen LogP contribution in [0.4, 0.5) is 0 Å². The van der Waals surface area contributed by atoms with Gasteiger partial charge in [-0.15, -0.1) is 0 Å². The van der Waals surface area contributed by atoms with Crippen LogP contribution in [0.25, 0.3) is 0 Å². The van der Waals surface area contributed by atoms with Crippen molar-refractivity contribution in [2.24, 2.45) is 11.8 Å². The topological polar surface area (TPSA) is 29.5 Å². The van der Waals surface area contributed by atoms with Crippen molar-refractivity contribution in [3.05, 3.63) is 0 Å². The van der Waals surface area contributed by atoms with Crippen LogP contribution in [-0.4, -0.2) is 23.9 Å². The molecule has 0 aromatic carbocycles. The van der Waals surface area contributed by atoms with Crippen LogP contribution in [-0.2, 0) is 4.74 Å². The molecule has 11 heavy (non-hydrogen) atoms. The van der Waals surface area contributed by atoms with E-state index in [9.17, 15) is 5.11 Å². The summed E-state index contributed by atoms with van der Waals surface area (Å²) in [7, 11) is 0. The minimum atomic E-state index is -0.244. The molecule has 0 radical (unpaired) electrons. The van der Waals surface area contributed by atoms with Crippen LogP contribution in [0.5, 0.6) is 0 Å². The van der Waals surface area contributed by atoms with Gasteiger partial charge in [0, 0.05) is 0 Å². The highest BCUT2D eigenvalue weighted by molar-refractivity contribution is 4.78. The van der Waals surface area contributed by atoms with Crippen LogP contribution in [0.1, 0.15) is 27.2 Å². The van der Waals surface area contributed by atoms with E-state index in [1.807, 2.05) is 0 Å². The molecule has 0 spiro atoms. The lowest BCUT2D eigenvalue weighted by molar-refractivity contribution is -0.0925. The Bertz CT molecular complexity index is 123. The molecule has 1 rings (SSSR count). The second-order valence-corrected chi connectivity index (χ2v) is 3.85. The van der Waals surface area contributed by atoms with Crippen LogP contribution in [0.2, 0.25) is 0 Å². The predicted molar refractivity (Wildman–Crippen MR) is 44.4 cm³/mol. The van der Waals surface area contributed by atoms with E-state index < -0.39 is 0 Å². The summed E-state index contributed by atoms with van der Waals surface area (Å²) in [6, 6.07) is 0. The Hall–Kier alpha value is -0.0800. The molecule has 1 aliphatic rings. The van der Waals surface area contributed by atoms with Crippen molar-refractivity contribution in [1.29, 1.82) is 0 Å². The third-order valence-corrected chi connectivity index (χ3v) is 2.51. The summed E-state index contributed by atoms with van der Waals surface area (Å²) in [4.78, 5) is 0. The van der Waals surface area contributed by atoms with Gasteiger partial charge < -0.3 is 9.84 Å². The second-order valence-electron chi connectivity index (χ2n) is 3.85. The van der Waals surface area contributed by atoms with Crippen molar-refractivity contribution in [3.8, 4) is 0 Å². The first-order chi connectivity index (χ1) is 5.11. The maximum atomic E-state index is 9.53. The molecule has 0 aliphatic carbocycles. The molecule has 1 fully saturated rings. The average Bonchev–Trinajstić information content (AvgIpc) is 1.94. The maximum Gasteiger partial charge on any atom is 0.0805 e. The summed E-state index contributed by atoms with van der Waals surface area (Å²) in [6.07, 6.45) is 1.08. The molecular weight excluding hydrogens is 140 g/mol. The lowest BCUT2D eigenvalue weighted by atomic mass is 9.84.